The molecule has 1 saturated heterocycles. The van der Waals surface area contributed by atoms with Gasteiger partial charge in [-0.25, -0.2) is 0 Å². The number of nitrogens with two attached hydrogens (primary N) is 1. The smallest absolute Gasteiger partial charge is 0.117 e. The molecule has 0 radical (unpaired) electrons. The van der Waals surface area contributed by atoms with E-state index in [0.717, 1.165) is 31.9 Å². The van der Waals surface area contributed by atoms with E-state index >= 15 is 0 Å². The van der Waals surface area contributed by atoms with E-state index < -0.39 is 0 Å². The zero-order valence-electron chi connectivity index (χ0n) is 11.1. The van der Waals surface area contributed by atoms with E-state index in [1.54, 1.807) is 6.26 Å². The summed E-state index contributed by atoms with van der Waals surface area (Å²) in [5.74, 6) is 1.06. The second-order valence-corrected chi connectivity index (χ2v) is 5.85. The van der Waals surface area contributed by atoms with Gasteiger partial charge in [-0.1, -0.05) is 0 Å². The lowest BCUT2D eigenvalue weighted by molar-refractivity contribution is 0.0764. The lowest BCUT2D eigenvalue weighted by atomic mass is 9.95. The van der Waals surface area contributed by atoms with E-state index in [0.29, 0.717) is 6.04 Å². The minimum absolute atomic E-state index is 0.155. The van der Waals surface area contributed by atoms with Gasteiger partial charge in [-0.2, -0.15) is 0 Å². The van der Waals surface area contributed by atoms with Crippen LogP contribution in [0.1, 0.15) is 25.0 Å². The predicted molar refractivity (Wildman–Crippen MR) is 71.2 cm³/mol. The summed E-state index contributed by atoms with van der Waals surface area (Å²) in [6.45, 7) is 3.89. The Morgan fingerprint density at radius 3 is 2.89 bits per heavy atom. The number of hydrogen-bond donors (Lipinski definition) is 1. The van der Waals surface area contributed by atoms with Crippen LogP contribution in [0.3, 0.4) is 0 Å². The molecule has 2 heterocycles. The first kappa shape index (κ1) is 12.2. The van der Waals surface area contributed by atoms with Crippen LogP contribution in [0.25, 0.3) is 0 Å². The molecule has 100 valence electrons. The van der Waals surface area contributed by atoms with Gasteiger partial charge < -0.3 is 15.1 Å². The van der Waals surface area contributed by atoms with Crippen LogP contribution < -0.4 is 5.73 Å². The standard InChI is InChI=1S/C14H23N3O/c1-16-7-6-14(10-15,11-16)17(12-4-5-12)9-13-3-2-8-18-13/h2-3,8,12H,4-7,9-11,15H2,1H3. The Morgan fingerprint density at radius 2 is 2.39 bits per heavy atom. The molecule has 3 rings (SSSR count). The Balaban J connectivity index is 1.79. The van der Waals surface area contributed by atoms with Gasteiger partial charge in [0.1, 0.15) is 5.76 Å². The summed E-state index contributed by atoms with van der Waals surface area (Å²) in [5.41, 5.74) is 6.28. The fourth-order valence-corrected chi connectivity index (χ4v) is 3.22. The van der Waals surface area contributed by atoms with Gasteiger partial charge >= 0.3 is 0 Å². The van der Waals surface area contributed by atoms with Gasteiger partial charge in [0.05, 0.1) is 12.8 Å². The van der Waals surface area contributed by atoms with Crippen molar-refractivity contribution in [3.63, 3.8) is 0 Å². The summed E-state index contributed by atoms with van der Waals surface area (Å²) in [4.78, 5) is 5.00. The summed E-state index contributed by atoms with van der Waals surface area (Å²) < 4.78 is 5.52. The monoisotopic (exact) mass is 249 g/mol. The molecule has 1 aromatic heterocycles. The van der Waals surface area contributed by atoms with Gasteiger partial charge in [0.15, 0.2) is 0 Å². The highest BCUT2D eigenvalue weighted by Gasteiger charge is 2.46. The van der Waals surface area contributed by atoms with Crippen LogP contribution in [-0.2, 0) is 6.54 Å². The Kier molecular flexibility index (Phi) is 3.18. The van der Waals surface area contributed by atoms with Gasteiger partial charge in [0.25, 0.3) is 0 Å². The van der Waals surface area contributed by atoms with Gasteiger partial charge in [0, 0.05) is 24.7 Å². The first-order chi connectivity index (χ1) is 8.73. The van der Waals surface area contributed by atoms with Gasteiger partial charge in [-0.05, 0) is 45.0 Å². The Labute approximate surface area is 109 Å². The van der Waals surface area contributed by atoms with Crippen molar-refractivity contribution in [3.05, 3.63) is 24.2 Å². The van der Waals surface area contributed by atoms with E-state index in [1.807, 2.05) is 6.07 Å². The topological polar surface area (TPSA) is 45.6 Å². The molecular weight excluding hydrogens is 226 g/mol. The molecule has 4 heteroatoms. The molecular formula is C14H23N3O. The summed E-state index contributed by atoms with van der Waals surface area (Å²) in [6, 6.07) is 4.75. The molecule has 2 N–H and O–H groups in total. The summed E-state index contributed by atoms with van der Waals surface area (Å²) in [5, 5.41) is 0. The molecule has 1 saturated carbocycles. The lowest BCUT2D eigenvalue weighted by Crippen LogP contribution is -2.56. The average molecular weight is 249 g/mol. The lowest BCUT2D eigenvalue weighted by Gasteiger charge is -2.40. The van der Waals surface area contributed by atoms with Gasteiger partial charge in [0.2, 0.25) is 0 Å². The first-order valence-electron chi connectivity index (χ1n) is 6.91. The Morgan fingerprint density at radius 1 is 1.56 bits per heavy atom. The van der Waals surface area contributed by atoms with Gasteiger partial charge in [-0.15, -0.1) is 0 Å². The molecule has 4 nitrogen and oxygen atoms in total. The van der Waals surface area contributed by atoms with Crippen LogP contribution >= 0.6 is 0 Å². The highest BCUT2D eigenvalue weighted by atomic mass is 16.3. The zero-order valence-corrected chi connectivity index (χ0v) is 11.1. The fraction of sp³-hybridized carbons (Fsp3) is 0.714. The number of likely N-dealkylation sites (tertiary alicyclic amines) is 1. The molecule has 1 aliphatic carbocycles. The van der Waals surface area contributed by atoms with Crippen molar-refractivity contribution in [1.82, 2.24) is 9.80 Å². The number of nitrogens with zero attached hydrogens (tertiary/aromatic N) is 2. The van der Waals surface area contributed by atoms with Crippen molar-refractivity contribution in [2.24, 2.45) is 5.73 Å². The third kappa shape index (κ3) is 2.20. The predicted octanol–water partition coefficient (Wildman–Crippen LogP) is 1.28. The minimum Gasteiger partial charge on any atom is -0.468 e. The Bertz CT molecular complexity index is 388. The van der Waals surface area contributed by atoms with Crippen LogP contribution in [0.2, 0.25) is 0 Å². The molecule has 0 spiro atoms. The molecule has 0 aromatic carbocycles. The maximum Gasteiger partial charge on any atom is 0.117 e. The average Bonchev–Trinajstić information content (AvgIpc) is 2.93. The molecule has 1 aliphatic heterocycles. The SMILES string of the molecule is CN1CCC(CN)(N(Cc2ccco2)C2CC2)C1. The van der Waals surface area contributed by atoms with Gasteiger partial charge in [-0.3, -0.25) is 4.90 Å². The first-order valence-corrected chi connectivity index (χ1v) is 6.91. The van der Waals surface area contributed by atoms with Crippen molar-refractivity contribution in [2.75, 3.05) is 26.7 Å². The van der Waals surface area contributed by atoms with E-state index in [1.165, 1.54) is 19.3 Å². The summed E-state index contributed by atoms with van der Waals surface area (Å²) >= 11 is 0. The molecule has 18 heavy (non-hydrogen) atoms. The van der Waals surface area contributed by atoms with E-state index in [9.17, 15) is 0 Å². The van der Waals surface area contributed by atoms with E-state index in [-0.39, 0.29) is 5.54 Å². The third-order valence-electron chi connectivity index (χ3n) is 4.41. The maximum absolute atomic E-state index is 6.13. The maximum atomic E-state index is 6.13. The molecule has 1 aromatic rings. The molecule has 2 aliphatic rings. The number of rotatable bonds is 5. The van der Waals surface area contributed by atoms with Crippen molar-refractivity contribution in [1.29, 1.82) is 0 Å². The minimum atomic E-state index is 0.155. The van der Waals surface area contributed by atoms with Crippen molar-refractivity contribution in [3.8, 4) is 0 Å². The van der Waals surface area contributed by atoms with Crippen molar-refractivity contribution >= 4 is 0 Å². The molecule has 0 amide bonds. The summed E-state index contributed by atoms with van der Waals surface area (Å²) in [6.07, 6.45) is 5.56. The zero-order chi connectivity index (χ0) is 12.6. The van der Waals surface area contributed by atoms with Crippen LogP contribution in [0, 0.1) is 0 Å². The number of furan rings is 1. The van der Waals surface area contributed by atoms with Crippen LogP contribution in [-0.4, -0.2) is 48.1 Å². The molecule has 1 unspecified atom stereocenters. The number of hydrogen-bond acceptors (Lipinski definition) is 4. The number of likely N-dealkylation sites (N-methyl/N-ethyl adjacent to an activating group) is 1. The molecule has 2 fully saturated rings. The third-order valence-corrected chi connectivity index (χ3v) is 4.41. The molecule has 1 atom stereocenters. The highest BCUT2D eigenvalue weighted by Crippen LogP contribution is 2.38. The second-order valence-electron chi connectivity index (χ2n) is 5.85. The molecule has 0 bridgehead atoms. The van der Waals surface area contributed by atoms with Crippen molar-refractivity contribution in [2.45, 2.75) is 37.4 Å². The van der Waals surface area contributed by atoms with Crippen LogP contribution in [0.15, 0.2) is 22.8 Å². The summed E-state index contributed by atoms with van der Waals surface area (Å²) in [7, 11) is 2.19. The Hall–Kier alpha value is -0.840. The second kappa shape index (κ2) is 4.68. The van der Waals surface area contributed by atoms with Crippen LogP contribution in [0.5, 0.6) is 0 Å². The highest BCUT2D eigenvalue weighted by molar-refractivity contribution is 5.08. The van der Waals surface area contributed by atoms with E-state index in [2.05, 4.69) is 22.9 Å². The van der Waals surface area contributed by atoms with Crippen molar-refractivity contribution < 1.29 is 4.42 Å². The van der Waals surface area contributed by atoms with Crippen LogP contribution in [0.4, 0.5) is 0 Å². The fourth-order valence-electron chi connectivity index (χ4n) is 3.22. The quantitative estimate of drug-likeness (QED) is 0.854. The van der Waals surface area contributed by atoms with E-state index in [4.69, 9.17) is 10.2 Å². The normalized spacial score (nSPS) is 29.3. The largest absolute Gasteiger partial charge is 0.468 e.